The lowest BCUT2D eigenvalue weighted by molar-refractivity contribution is -0.135. The minimum absolute atomic E-state index is 0.375. The van der Waals surface area contributed by atoms with Crippen LogP contribution in [0, 0.1) is 0 Å². The van der Waals surface area contributed by atoms with E-state index in [1.165, 1.54) is 4.90 Å². The van der Waals surface area contributed by atoms with Crippen LogP contribution in [0.15, 0.2) is 24.5 Å². The molecule has 0 bridgehead atoms. The first-order chi connectivity index (χ1) is 7.59. The molecule has 86 valence electrons. The van der Waals surface area contributed by atoms with E-state index < -0.39 is 12.0 Å². The van der Waals surface area contributed by atoms with Crippen LogP contribution in [0.2, 0.25) is 0 Å². The fourth-order valence-electron chi connectivity index (χ4n) is 1.12. The highest BCUT2D eigenvalue weighted by atomic mass is 16.4. The van der Waals surface area contributed by atoms with Crippen LogP contribution < -0.4 is 5.32 Å². The molecule has 2 amide bonds. The molecule has 0 spiro atoms. The summed E-state index contributed by atoms with van der Waals surface area (Å²) in [5.74, 6) is -1.06. The van der Waals surface area contributed by atoms with Crippen LogP contribution in [-0.2, 0) is 11.3 Å². The Bertz CT molecular complexity index is 367. The standard InChI is InChI=1S/C10H13N3O3/c1-13(10(16)12-6-9(14)15)7-8-2-4-11-5-3-8/h2-5H,6-7H2,1H3,(H,12,16)(H,14,15). The molecule has 1 rings (SSSR count). The maximum Gasteiger partial charge on any atom is 0.323 e. The van der Waals surface area contributed by atoms with Crippen molar-refractivity contribution >= 4 is 12.0 Å². The minimum atomic E-state index is -1.06. The van der Waals surface area contributed by atoms with E-state index >= 15 is 0 Å². The monoisotopic (exact) mass is 223 g/mol. The van der Waals surface area contributed by atoms with Gasteiger partial charge in [-0.2, -0.15) is 0 Å². The molecular weight excluding hydrogens is 210 g/mol. The number of aromatic nitrogens is 1. The zero-order chi connectivity index (χ0) is 12.0. The second-order valence-electron chi connectivity index (χ2n) is 3.26. The molecule has 6 heteroatoms. The van der Waals surface area contributed by atoms with Crippen molar-refractivity contribution in [2.24, 2.45) is 0 Å². The normalized spacial score (nSPS) is 9.56. The van der Waals surface area contributed by atoms with Crippen molar-refractivity contribution in [1.29, 1.82) is 0 Å². The second kappa shape index (κ2) is 5.69. The van der Waals surface area contributed by atoms with Gasteiger partial charge in [0, 0.05) is 26.0 Å². The van der Waals surface area contributed by atoms with Gasteiger partial charge >= 0.3 is 12.0 Å². The summed E-state index contributed by atoms with van der Waals surface area (Å²) in [5.41, 5.74) is 0.933. The Morgan fingerprint density at radius 3 is 2.62 bits per heavy atom. The fraction of sp³-hybridized carbons (Fsp3) is 0.300. The third-order valence-electron chi connectivity index (χ3n) is 1.91. The molecule has 0 saturated carbocycles. The topological polar surface area (TPSA) is 82.5 Å². The van der Waals surface area contributed by atoms with Crippen molar-refractivity contribution in [3.8, 4) is 0 Å². The van der Waals surface area contributed by atoms with Crippen molar-refractivity contribution in [2.75, 3.05) is 13.6 Å². The van der Waals surface area contributed by atoms with Gasteiger partial charge in [0.2, 0.25) is 0 Å². The Morgan fingerprint density at radius 2 is 2.06 bits per heavy atom. The lowest BCUT2D eigenvalue weighted by atomic mass is 10.2. The number of pyridine rings is 1. The number of aliphatic carboxylic acids is 1. The van der Waals surface area contributed by atoms with Gasteiger partial charge in [-0.05, 0) is 17.7 Å². The zero-order valence-electron chi connectivity index (χ0n) is 8.88. The number of rotatable bonds is 4. The average molecular weight is 223 g/mol. The summed E-state index contributed by atoms with van der Waals surface area (Å²) in [6, 6.07) is 3.17. The summed E-state index contributed by atoms with van der Waals surface area (Å²) in [6.07, 6.45) is 3.27. The molecule has 1 aromatic rings. The van der Waals surface area contributed by atoms with Crippen LogP contribution in [0.4, 0.5) is 4.79 Å². The lowest BCUT2D eigenvalue weighted by Crippen LogP contribution is -2.39. The van der Waals surface area contributed by atoms with E-state index in [1.54, 1.807) is 31.6 Å². The lowest BCUT2D eigenvalue weighted by Gasteiger charge is -2.17. The number of hydrogen-bond acceptors (Lipinski definition) is 3. The first-order valence-electron chi connectivity index (χ1n) is 4.69. The van der Waals surface area contributed by atoms with E-state index in [0.29, 0.717) is 6.54 Å². The molecular formula is C10H13N3O3. The number of carbonyl (C=O) groups excluding carboxylic acids is 1. The van der Waals surface area contributed by atoms with Crippen LogP contribution in [0.5, 0.6) is 0 Å². The van der Waals surface area contributed by atoms with Gasteiger partial charge in [0.1, 0.15) is 6.54 Å². The Hall–Kier alpha value is -2.11. The first-order valence-corrected chi connectivity index (χ1v) is 4.69. The number of carbonyl (C=O) groups is 2. The molecule has 0 aliphatic heterocycles. The quantitative estimate of drug-likeness (QED) is 0.769. The summed E-state index contributed by atoms with van der Waals surface area (Å²) >= 11 is 0. The molecule has 0 radical (unpaired) electrons. The van der Waals surface area contributed by atoms with E-state index in [-0.39, 0.29) is 6.54 Å². The maximum absolute atomic E-state index is 11.4. The van der Waals surface area contributed by atoms with Gasteiger partial charge in [-0.3, -0.25) is 9.78 Å². The molecule has 0 unspecified atom stereocenters. The zero-order valence-corrected chi connectivity index (χ0v) is 8.88. The summed E-state index contributed by atoms with van der Waals surface area (Å²) < 4.78 is 0. The molecule has 0 fully saturated rings. The molecule has 1 aromatic heterocycles. The largest absolute Gasteiger partial charge is 0.480 e. The smallest absolute Gasteiger partial charge is 0.323 e. The highest BCUT2D eigenvalue weighted by Gasteiger charge is 2.09. The van der Waals surface area contributed by atoms with Crippen molar-refractivity contribution in [3.63, 3.8) is 0 Å². The van der Waals surface area contributed by atoms with Crippen LogP contribution in [0.25, 0.3) is 0 Å². The first kappa shape index (κ1) is 12.0. The van der Waals surface area contributed by atoms with E-state index in [1.807, 2.05) is 0 Å². The van der Waals surface area contributed by atoms with Gasteiger partial charge in [-0.25, -0.2) is 4.79 Å². The second-order valence-corrected chi connectivity index (χ2v) is 3.26. The van der Waals surface area contributed by atoms with Gasteiger partial charge in [0.05, 0.1) is 0 Å². The van der Waals surface area contributed by atoms with E-state index in [4.69, 9.17) is 5.11 Å². The minimum Gasteiger partial charge on any atom is -0.480 e. The van der Waals surface area contributed by atoms with Crippen LogP contribution in [0.3, 0.4) is 0 Å². The van der Waals surface area contributed by atoms with Gasteiger partial charge in [-0.15, -0.1) is 0 Å². The molecule has 16 heavy (non-hydrogen) atoms. The molecule has 6 nitrogen and oxygen atoms in total. The maximum atomic E-state index is 11.4. The average Bonchev–Trinajstić information content (AvgIpc) is 2.27. The molecule has 1 heterocycles. The van der Waals surface area contributed by atoms with E-state index in [0.717, 1.165) is 5.56 Å². The van der Waals surface area contributed by atoms with Gasteiger partial charge in [-0.1, -0.05) is 0 Å². The van der Waals surface area contributed by atoms with Crippen LogP contribution in [-0.4, -0.2) is 40.6 Å². The van der Waals surface area contributed by atoms with Crippen molar-refractivity contribution in [1.82, 2.24) is 15.2 Å². The van der Waals surface area contributed by atoms with E-state index in [9.17, 15) is 9.59 Å². The van der Waals surface area contributed by atoms with Gasteiger partial charge < -0.3 is 15.3 Å². The number of urea groups is 1. The Balaban J connectivity index is 2.43. The highest BCUT2D eigenvalue weighted by Crippen LogP contribution is 2.00. The number of carboxylic acid groups (broad SMARTS) is 1. The SMILES string of the molecule is CN(Cc1ccncc1)C(=O)NCC(=O)O. The summed E-state index contributed by atoms with van der Waals surface area (Å²) in [7, 11) is 1.59. The van der Waals surface area contributed by atoms with Gasteiger partial charge in [0.15, 0.2) is 0 Å². The van der Waals surface area contributed by atoms with Crippen molar-refractivity contribution in [3.05, 3.63) is 30.1 Å². The number of nitrogens with zero attached hydrogens (tertiary/aromatic N) is 2. The molecule has 0 aromatic carbocycles. The Labute approximate surface area is 92.9 Å². The van der Waals surface area contributed by atoms with Crippen LogP contribution >= 0.6 is 0 Å². The summed E-state index contributed by atoms with van der Waals surface area (Å²) in [6.45, 7) is 0.0352. The molecule has 0 atom stereocenters. The van der Waals surface area contributed by atoms with Crippen LogP contribution in [0.1, 0.15) is 5.56 Å². The molecule has 0 aliphatic rings. The third kappa shape index (κ3) is 3.95. The molecule has 0 aliphatic carbocycles. The van der Waals surface area contributed by atoms with Crippen molar-refractivity contribution < 1.29 is 14.7 Å². The number of carboxylic acids is 1. The number of nitrogens with one attached hydrogen (secondary N) is 1. The Morgan fingerprint density at radius 1 is 1.44 bits per heavy atom. The summed E-state index contributed by atoms with van der Waals surface area (Å²) in [5, 5.41) is 10.7. The Kier molecular flexibility index (Phi) is 4.26. The van der Waals surface area contributed by atoms with Gasteiger partial charge in [0.25, 0.3) is 0 Å². The number of hydrogen-bond donors (Lipinski definition) is 2. The third-order valence-corrected chi connectivity index (χ3v) is 1.91. The van der Waals surface area contributed by atoms with E-state index in [2.05, 4.69) is 10.3 Å². The predicted molar refractivity (Wildman–Crippen MR) is 56.7 cm³/mol. The summed E-state index contributed by atoms with van der Waals surface area (Å²) in [4.78, 5) is 26.9. The molecule has 2 N–H and O–H groups in total. The van der Waals surface area contributed by atoms with Crippen molar-refractivity contribution in [2.45, 2.75) is 6.54 Å². The fourth-order valence-corrected chi connectivity index (χ4v) is 1.12. The predicted octanol–water partition coefficient (Wildman–Crippen LogP) is 0.308. The molecule has 0 saturated heterocycles. The highest BCUT2D eigenvalue weighted by molar-refractivity contribution is 5.79. The number of amides is 2.